The molecule has 0 heterocycles. The van der Waals surface area contributed by atoms with Crippen molar-refractivity contribution in [2.75, 3.05) is 0 Å². The molecule has 0 aliphatic rings. The lowest BCUT2D eigenvalue weighted by Gasteiger charge is -2.33. The average Bonchev–Trinajstić information content (AvgIpc) is 1.80. The van der Waals surface area contributed by atoms with E-state index in [1.807, 2.05) is 0 Å². The third-order valence-corrected chi connectivity index (χ3v) is 1.24. The zero-order chi connectivity index (χ0) is 11.1. The van der Waals surface area contributed by atoms with Gasteiger partial charge in [-0.1, -0.05) is 0 Å². The topological polar surface area (TPSA) is 60.7 Å². The third kappa shape index (κ3) is 1.86. The summed E-state index contributed by atoms with van der Waals surface area (Å²) in [4.78, 5) is 0. The van der Waals surface area contributed by atoms with E-state index in [4.69, 9.17) is 15.3 Å². The SMILES string of the molecule is OC(O)C(O)(C(F)(F)F)C(F)(F)F. The highest BCUT2D eigenvalue weighted by molar-refractivity contribution is 4.95. The summed E-state index contributed by atoms with van der Waals surface area (Å²) in [6.45, 7) is 0. The van der Waals surface area contributed by atoms with Crippen LogP contribution in [0.25, 0.3) is 0 Å². The number of hydrogen-bond acceptors (Lipinski definition) is 3. The first kappa shape index (κ1) is 12.5. The van der Waals surface area contributed by atoms with Crippen molar-refractivity contribution in [2.24, 2.45) is 0 Å². The summed E-state index contributed by atoms with van der Waals surface area (Å²) < 4.78 is 69.4. The summed E-state index contributed by atoms with van der Waals surface area (Å²) in [6, 6.07) is 0. The zero-order valence-corrected chi connectivity index (χ0v) is 5.69. The fraction of sp³-hybridized carbons (Fsp3) is 1.00. The first-order valence-corrected chi connectivity index (χ1v) is 2.66. The molecule has 0 aromatic carbocycles. The van der Waals surface area contributed by atoms with Gasteiger partial charge in [0.1, 0.15) is 0 Å². The quantitative estimate of drug-likeness (QED) is 0.430. The predicted molar refractivity (Wildman–Crippen MR) is 25.3 cm³/mol. The third-order valence-electron chi connectivity index (χ3n) is 1.24. The van der Waals surface area contributed by atoms with Crippen molar-refractivity contribution in [1.29, 1.82) is 0 Å². The standard InChI is InChI=1S/C4H4F6O3/c5-3(6,7)2(13,1(11)12)4(8,9)10/h1,11-13H. The van der Waals surface area contributed by atoms with Crippen LogP contribution in [0.1, 0.15) is 0 Å². The van der Waals surface area contributed by atoms with Crippen LogP contribution in [-0.2, 0) is 0 Å². The molecule has 0 aromatic heterocycles. The van der Waals surface area contributed by atoms with Gasteiger partial charge in [0.05, 0.1) is 0 Å². The predicted octanol–water partition coefficient (Wildman–Crippen LogP) is 0.153. The van der Waals surface area contributed by atoms with Crippen molar-refractivity contribution in [3.05, 3.63) is 0 Å². The van der Waals surface area contributed by atoms with Crippen molar-refractivity contribution >= 4 is 0 Å². The van der Waals surface area contributed by atoms with Crippen LogP contribution < -0.4 is 0 Å². The van der Waals surface area contributed by atoms with E-state index in [0.29, 0.717) is 0 Å². The molecule has 9 heteroatoms. The lowest BCUT2D eigenvalue weighted by molar-refractivity contribution is -0.415. The molecule has 0 aliphatic heterocycles. The number of aliphatic hydroxyl groups is 3. The van der Waals surface area contributed by atoms with Gasteiger partial charge in [-0.3, -0.25) is 0 Å². The van der Waals surface area contributed by atoms with Crippen LogP contribution in [0.4, 0.5) is 26.3 Å². The molecule has 0 spiro atoms. The molecule has 0 amide bonds. The monoisotopic (exact) mass is 214 g/mol. The molecule has 3 N–H and O–H groups in total. The molecule has 3 nitrogen and oxygen atoms in total. The van der Waals surface area contributed by atoms with Crippen molar-refractivity contribution in [3.63, 3.8) is 0 Å². The minimum atomic E-state index is -6.21. The number of aliphatic hydroxyl groups excluding tert-OH is 1. The maximum Gasteiger partial charge on any atom is 0.431 e. The normalized spacial score (nSPS) is 15.2. The highest BCUT2D eigenvalue weighted by Gasteiger charge is 2.74. The molecular formula is C4H4F6O3. The Balaban J connectivity index is 5.22. The van der Waals surface area contributed by atoms with Gasteiger partial charge in [-0.05, 0) is 0 Å². The average molecular weight is 214 g/mol. The number of rotatable bonds is 1. The van der Waals surface area contributed by atoms with E-state index in [-0.39, 0.29) is 0 Å². The van der Waals surface area contributed by atoms with Crippen LogP contribution in [0.2, 0.25) is 0 Å². The molecule has 0 atom stereocenters. The smallest absolute Gasteiger partial charge is 0.370 e. The second kappa shape index (κ2) is 3.00. The number of halogens is 6. The largest absolute Gasteiger partial charge is 0.431 e. The molecule has 0 bridgehead atoms. The van der Waals surface area contributed by atoms with Gasteiger partial charge in [-0.25, -0.2) is 0 Å². The minimum Gasteiger partial charge on any atom is -0.370 e. The molecule has 80 valence electrons. The molecule has 0 saturated carbocycles. The van der Waals surface area contributed by atoms with Gasteiger partial charge in [0, 0.05) is 0 Å². The van der Waals surface area contributed by atoms with Crippen molar-refractivity contribution in [1.82, 2.24) is 0 Å². The Kier molecular flexibility index (Phi) is 2.87. The lowest BCUT2D eigenvalue weighted by atomic mass is 10.0. The Bertz CT molecular complexity index is 167. The maximum absolute atomic E-state index is 11.6. The van der Waals surface area contributed by atoms with Crippen molar-refractivity contribution in [3.8, 4) is 0 Å². The summed E-state index contributed by atoms with van der Waals surface area (Å²) in [6.07, 6.45) is -16.4. The van der Waals surface area contributed by atoms with Gasteiger partial charge in [-0.15, -0.1) is 0 Å². The molecule has 13 heavy (non-hydrogen) atoms. The van der Waals surface area contributed by atoms with Gasteiger partial charge in [0.25, 0.3) is 0 Å². The highest BCUT2D eigenvalue weighted by atomic mass is 19.4. The summed E-state index contributed by atoms with van der Waals surface area (Å²) in [5.41, 5.74) is -5.51. The van der Waals surface area contributed by atoms with Crippen LogP contribution in [0.5, 0.6) is 0 Å². The Labute approximate surface area is 67.2 Å². The second-order valence-corrected chi connectivity index (χ2v) is 2.14. The Hall–Kier alpha value is -0.540. The summed E-state index contributed by atoms with van der Waals surface area (Å²) >= 11 is 0. The fourth-order valence-corrected chi connectivity index (χ4v) is 0.453. The molecule has 0 rings (SSSR count). The summed E-state index contributed by atoms with van der Waals surface area (Å²) in [5.74, 6) is 0. The maximum atomic E-state index is 11.6. The van der Waals surface area contributed by atoms with E-state index in [2.05, 4.69) is 0 Å². The van der Waals surface area contributed by atoms with Gasteiger partial charge < -0.3 is 15.3 Å². The van der Waals surface area contributed by atoms with Crippen LogP contribution in [0.15, 0.2) is 0 Å². The molecule has 0 fully saturated rings. The summed E-state index contributed by atoms with van der Waals surface area (Å²) in [5, 5.41) is 23.6. The molecular weight excluding hydrogens is 210 g/mol. The molecule has 0 saturated heterocycles. The fourth-order valence-electron chi connectivity index (χ4n) is 0.453. The zero-order valence-electron chi connectivity index (χ0n) is 5.69. The van der Waals surface area contributed by atoms with E-state index >= 15 is 0 Å². The van der Waals surface area contributed by atoms with E-state index < -0.39 is 24.2 Å². The molecule has 0 radical (unpaired) electrons. The molecule has 0 unspecified atom stereocenters. The molecule has 0 aromatic rings. The van der Waals surface area contributed by atoms with Gasteiger partial charge >= 0.3 is 18.0 Å². The number of hydrogen-bond donors (Lipinski definition) is 3. The first-order valence-electron chi connectivity index (χ1n) is 2.66. The van der Waals surface area contributed by atoms with Crippen LogP contribution >= 0.6 is 0 Å². The molecule has 0 aliphatic carbocycles. The van der Waals surface area contributed by atoms with E-state index in [9.17, 15) is 26.3 Å². The summed E-state index contributed by atoms with van der Waals surface area (Å²) in [7, 11) is 0. The van der Waals surface area contributed by atoms with Crippen molar-refractivity contribution < 1.29 is 41.7 Å². The van der Waals surface area contributed by atoms with E-state index in [0.717, 1.165) is 0 Å². The van der Waals surface area contributed by atoms with Gasteiger partial charge in [-0.2, -0.15) is 26.3 Å². The van der Waals surface area contributed by atoms with Gasteiger partial charge in [0.15, 0.2) is 6.29 Å². The van der Waals surface area contributed by atoms with Gasteiger partial charge in [0.2, 0.25) is 0 Å². The van der Waals surface area contributed by atoms with Crippen LogP contribution in [0, 0.1) is 0 Å². The van der Waals surface area contributed by atoms with E-state index in [1.165, 1.54) is 0 Å². The Morgan fingerprint density at radius 3 is 1.00 bits per heavy atom. The number of alkyl halides is 6. The first-order chi connectivity index (χ1) is 5.44. The highest BCUT2D eigenvalue weighted by Crippen LogP contribution is 2.44. The minimum absolute atomic E-state index is 3.98. The van der Waals surface area contributed by atoms with E-state index in [1.54, 1.807) is 0 Å². The van der Waals surface area contributed by atoms with Crippen LogP contribution in [-0.4, -0.2) is 39.6 Å². The lowest BCUT2D eigenvalue weighted by Crippen LogP contribution is -2.64. The van der Waals surface area contributed by atoms with Crippen LogP contribution in [0.3, 0.4) is 0 Å². The Morgan fingerprint density at radius 2 is 1.00 bits per heavy atom. The second-order valence-electron chi connectivity index (χ2n) is 2.14. The Morgan fingerprint density at radius 1 is 0.769 bits per heavy atom. The van der Waals surface area contributed by atoms with Crippen molar-refractivity contribution in [2.45, 2.75) is 24.2 Å².